The highest BCUT2D eigenvalue weighted by atomic mass is 79.9. The SMILES string of the molecule is CC(=O)OC[C@H]1O[C@@H](OCC(=O)NCC(=O)Oc2c(C(F)(F)F)cc(Br)cc2S(=O)(=O)O)[C@H](OC(C)=O)[C@@H](OC(C)=O)[C@@H]1OC(C)=O. The Morgan fingerprint density at radius 2 is 1.47 bits per heavy atom. The van der Waals surface area contributed by atoms with Gasteiger partial charge in [-0.15, -0.1) is 0 Å². The van der Waals surface area contributed by atoms with Gasteiger partial charge in [0, 0.05) is 32.2 Å². The number of alkyl halides is 3. The van der Waals surface area contributed by atoms with Crippen molar-refractivity contribution in [3.63, 3.8) is 0 Å². The van der Waals surface area contributed by atoms with Gasteiger partial charge in [0.15, 0.2) is 30.4 Å². The Morgan fingerprint density at radius 3 is 1.98 bits per heavy atom. The summed E-state index contributed by atoms with van der Waals surface area (Å²) in [6.07, 6.45) is -13.3. The van der Waals surface area contributed by atoms with Crippen molar-refractivity contribution in [3.05, 3.63) is 22.2 Å². The molecule has 22 heteroatoms. The lowest BCUT2D eigenvalue weighted by Gasteiger charge is -2.43. The van der Waals surface area contributed by atoms with Crippen LogP contribution in [0.3, 0.4) is 0 Å². The summed E-state index contributed by atoms with van der Waals surface area (Å²) in [5, 5.41) is 1.93. The molecule has 1 aromatic rings. The molecular formula is C25H27BrF3NO16S. The number of ether oxygens (including phenoxy) is 7. The number of nitrogens with one attached hydrogen (secondary N) is 1. The van der Waals surface area contributed by atoms with E-state index < -0.39 is 123 Å². The van der Waals surface area contributed by atoms with E-state index in [4.69, 9.17) is 28.4 Å². The first-order valence-electron chi connectivity index (χ1n) is 12.9. The van der Waals surface area contributed by atoms with Gasteiger partial charge in [-0.25, -0.2) is 4.79 Å². The molecule has 5 atom stereocenters. The van der Waals surface area contributed by atoms with Crippen LogP contribution < -0.4 is 10.1 Å². The third kappa shape index (κ3) is 12.0. The second kappa shape index (κ2) is 16.3. The van der Waals surface area contributed by atoms with E-state index >= 15 is 0 Å². The Labute approximate surface area is 272 Å². The number of hydrogen-bond acceptors (Lipinski definition) is 15. The van der Waals surface area contributed by atoms with Crippen LogP contribution in [-0.4, -0.2) is 99.2 Å². The van der Waals surface area contributed by atoms with Crippen LogP contribution in [-0.2, 0) is 73.5 Å². The predicted octanol–water partition coefficient (Wildman–Crippen LogP) is 0.836. The number of benzene rings is 1. The van der Waals surface area contributed by atoms with Crippen molar-refractivity contribution < 1.29 is 88.1 Å². The maximum absolute atomic E-state index is 13.6. The van der Waals surface area contributed by atoms with E-state index in [9.17, 15) is 54.9 Å². The summed E-state index contributed by atoms with van der Waals surface area (Å²) >= 11 is 2.67. The fourth-order valence-corrected chi connectivity index (χ4v) is 5.20. The summed E-state index contributed by atoms with van der Waals surface area (Å²) < 4.78 is 109. The summed E-state index contributed by atoms with van der Waals surface area (Å²) in [7, 11) is -5.34. The molecular weight excluding hydrogens is 739 g/mol. The van der Waals surface area contributed by atoms with Crippen molar-refractivity contribution in [1.82, 2.24) is 5.32 Å². The molecule has 1 saturated heterocycles. The second-order valence-corrected chi connectivity index (χ2v) is 11.7. The highest BCUT2D eigenvalue weighted by Gasteiger charge is 2.53. The number of amides is 1. The molecule has 0 unspecified atom stereocenters. The van der Waals surface area contributed by atoms with E-state index in [-0.39, 0.29) is 0 Å². The zero-order valence-corrected chi connectivity index (χ0v) is 27.1. The Morgan fingerprint density at radius 1 is 0.915 bits per heavy atom. The normalized spacial score (nSPS) is 21.2. The number of halogens is 4. The molecule has 0 aromatic heterocycles. The molecule has 1 amide bonds. The van der Waals surface area contributed by atoms with Crippen molar-refractivity contribution in [2.45, 2.75) is 69.5 Å². The molecule has 1 fully saturated rings. The van der Waals surface area contributed by atoms with Crippen molar-refractivity contribution in [3.8, 4) is 5.75 Å². The van der Waals surface area contributed by atoms with Gasteiger partial charge >= 0.3 is 36.0 Å². The quantitative estimate of drug-likeness (QED) is 0.130. The number of hydrogen-bond donors (Lipinski definition) is 2. The minimum absolute atomic E-state index is 0.386. The molecule has 1 aromatic carbocycles. The van der Waals surface area contributed by atoms with E-state index in [1.807, 2.05) is 5.32 Å². The molecule has 17 nitrogen and oxygen atoms in total. The van der Waals surface area contributed by atoms with Crippen LogP contribution in [0.15, 0.2) is 21.5 Å². The number of carbonyl (C=O) groups excluding carboxylic acids is 6. The summed E-state index contributed by atoms with van der Waals surface area (Å²) in [6, 6.07) is 0.935. The highest BCUT2D eigenvalue weighted by Crippen LogP contribution is 2.42. The highest BCUT2D eigenvalue weighted by molar-refractivity contribution is 9.10. The van der Waals surface area contributed by atoms with Gasteiger partial charge in [0.2, 0.25) is 5.91 Å². The van der Waals surface area contributed by atoms with Crippen LogP contribution in [0.1, 0.15) is 33.3 Å². The van der Waals surface area contributed by atoms with Crippen LogP contribution in [0.25, 0.3) is 0 Å². The second-order valence-electron chi connectivity index (χ2n) is 9.38. The first kappa shape index (κ1) is 39.3. The van der Waals surface area contributed by atoms with Crippen LogP contribution in [0.2, 0.25) is 0 Å². The first-order chi connectivity index (χ1) is 21.6. The van der Waals surface area contributed by atoms with Crippen molar-refractivity contribution >= 4 is 61.8 Å². The lowest BCUT2D eigenvalue weighted by molar-refractivity contribution is -0.306. The predicted molar refractivity (Wildman–Crippen MR) is 146 cm³/mol. The van der Waals surface area contributed by atoms with Crippen LogP contribution in [0.5, 0.6) is 5.75 Å². The third-order valence-corrected chi connectivity index (χ3v) is 6.89. The lowest BCUT2D eigenvalue weighted by atomic mass is 9.98. The van der Waals surface area contributed by atoms with E-state index in [0.717, 1.165) is 27.7 Å². The van der Waals surface area contributed by atoms with Gasteiger partial charge in [0.05, 0.1) is 0 Å². The minimum Gasteiger partial charge on any atom is -0.463 e. The molecule has 0 aliphatic carbocycles. The van der Waals surface area contributed by atoms with Crippen molar-refractivity contribution in [2.24, 2.45) is 0 Å². The molecule has 1 aliphatic rings. The molecule has 47 heavy (non-hydrogen) atoms. The van der Waals surface area contributed by atoms with Gasteiger partial charge in [-0.3, -0.25) is 28.5 Å². The topological polar surface area (TPSA) is 233 Å². The van der Waals surface area contributed by atoms with Gasteiger partial charge < -0.3 is 38.5 Å². The molecule has 0 radical (unpaired) electrons. The third-order valence-electron chi connectivity index (χ3n) is 5.58. The average molecular weight is 766 g/mol. The smallest absolute Gasteiger partial charge is 0.420 e. The van der Waals surface area contributed by atoms with Crippen LogP contribution in [0.4, 0.5) is 13.2 Å². The fourth-order valence-electron chi connectivity index (χ4n) is 3.93. The standard InChI is InChI=1S/C25H27BrF3NO16S/c1-10(31)40-8-16-21(42-11(2)32)22(43-12(3)33)23(44-13(4)34)24(45-16)41-9-18(35)30-7-19(36)46-20-15(25(27,28)29)5-14(26)6-17(20)47(37,38)39/h5-6,16,21-24H,7-9H2,1-4H3,(H,30,35)(H,37,38,39)/t16-,21-,22+,23-,24-/m1/s1. The molecule has 0 bridgehead atoms. The number of esters is 5. The summed E-state index contributed by atoms with van der Waals surface area (Å²) in [5.41, 5.74) is -1.74. The number of carbonyl (C=O) groups is 6. The van der Waals surface area contributed by atoms with Crippen molar-refractivity contribution in [1.29, 1.82) is 0 Å². The number of rotatable bonds is 12. The summed E-state index contributed by atoms with van der Waals surface area (Å²) in [5.74, 6) is -7.92. The molecule has 262 valence electrons. The van der Waals surface area contributed by atoms with Crippen LogP contribution >= 0.6 is 15.9 Å². The van der Waals surface area contributed by atoms with Crippen LogP contribution in [0, 0.1) is 0 Å². The van der Waals surface area contributed by atoms with Gasteiger partial charge in [-0.2, -0.15) is 21.6 Å². The molecule has 2 N–H and O–H groups in total. The zero-order valence-electron chi connectivity index (χ0n) is 24.7. The maximum atomic E-state index is 13.6. The average Bonchev–Trinajstić information content (AvgIpc) is 2.91. The largest absolute Gasteiger partial charge is 0.463 e. The minimum atomic E-state index is -5.34. The van der Waals surface area contributed by atoms with E-state index in [1.165, 1.54) is 0 Å². The fraction of sp³-hybridized carbons (Fsp3) is 0.520. The zero-order chi connectivity index (χ0) is 35.9. The Kier molecular flexibility index (Phi) is 13.6. The molecule has 1 aliphatic heterocycles. The van der Waals surface area contributed by atoms with Gasteiger partial charge in [0.25, 0.3) is 10.1 Å². The lowest BCUT2D eigenvalue weighted by Crippen LogP contribution is -2.63. The van der Waals surface area contributed by atoms with Crippen molar-refractivity contribution in [2.75, 3.05) is 19.8 Å². The Balaban J connectivity index is 2.24. The molecule has 2 rings (SSSR count). The monoisotopic (exact) mass is 765 g/mol. The van der Waals surface area contributed by atoms with Gasteiger partial charge in [0.1, 0.15) is 36.3 Å². The molecule has 0 spiro atoms. The summed E-state index contributed by atoms with van der Waals surface area (Å²) in [4.78, 5) is 70.4. The first-order valence-corrected chi connectivity index (χ1v) is 15.1. The maximum Gasteiger partial charge on any atom is 0.420 e. The molecule has 0 saturated carbocycles. The van der Waals surface area contributed by atoms with E-state index in [1.54, 1.807) is 0 Å². The van der Waals surface area contributed by atoms with Gasteiger partial charge in [-0.1, -0.05) is 15.9 Å². The Hall–Kier alpha value is -3.86. The summed E-state index contributed by atoms with van der Waals surface area (Å²) in [6.45, 7) is 1.19. The Bertz CT molecular complexity index is 1500. The molecule has 1 heterocycles. The van der Waals surface area contributed by atoms with E-state index in [2.05, 4.69) is 20.7 Å². The van der Waals surface area contributed by atoms with E-state index in [0.29, 0.717) is 12.1 Å². The van der Waals surface area contributed by atoms with Gasteiger partial charge in [-0.05, 0) is 12.1 Å².